The van der Waals surface area contributed by atoms with E-state index < -0.39 is 0 Å². The second-order valence-electron chi connectivity index (χ2n) is 7.45. The Labute approximate surface area is 170 Å². The van der Waals surface area contributed by atoms with Gasteiger partial charge >= 0.3 is 0 Å². The van der Waals surface area contributed by atoms with Crippen molar-refractivity contribution in [3.8, 4) is 11.1 Å². The third-order valence-corrected chi connectivity index (χ3v) is 5.14. The molecule has 0 spiro atoms. The first kappa shape index (κ1) is 18.9. The van der Waals surface area contributed by atoms with Gasteiger partial charge in [-0.05, 0) is 78.8 Å². The molecule has 0 aliphatic heterocycles. The first-order valence-electron chi connectivity index (χ1n) is 9.81. The van der Waals surface area contributed by atoms with Gasteiger partial charge in [0.15, 0.2) is 0 Å². The number of aryl methyl sites for hydroxylation is 1. The Balaban J connectivity index is 1.49. The largest absolute Gasteiger partial charge is 0.352 e. The standard InChI is InChI=1S/C24H23N3O2/c1-16-2-9-21(27-24(29)20-10-12-25-13-11-20)14-22(16)18-5-7-19(8-6-18)23(28)26-15-17-3-4-17/h2,5-14,17H,3-4,15H2,1H3,(H,26,28)(H,27,29). The van der Waals surface area contributed by atoms with Crippen molar-refractivity contribution in [2.24, 2.45) is 5.92 Å². The van der Waals surface area contributed by atoms with Crippen LogP contribution in [0.5, 0.6) is 0 Å². The highest BCUT2D eigenvalue weighted by atomic mass is 16.2. The summed E-state index contributed by atoms with van der Waals surface area (Å²) in [5.41, 5.74) is 5.05. The summed E-state index contributed by atoms with van der Waals surface area (Å²) in [5, 5.41) is 5.91. The highest BCUT2D eigenvalue weighted by Crippen LogP contribution is 2.28. The predicted octanol–water partition coefficient (Wildman–Crippen LogP) is 4.45. The molecule has 3 aromatic rings. The van der Waals surface area contributed by atoms with Crippen LogP contribution < -0.4 is 10.6 Å². The summed E-state index contributed by atoms with van der Waals surface area (Å²) >= 11 is 0. The molecule has 1 aliphatic rings. The van der Waals surface area contributed by atoms with Crippen molar-refractivity contribution in [2.45, 2.75) is 19.8 Å². The molecule has 5 heteroatoms. The van der Waals surface area contributed by atoms with Gasteiger partial charge in [-0.25, -0.2) is 0 Å². The van der Waals surface area contributed by atoms with Crippen molar-refractivity contribution in [1.29, 1.82) is 0 Å². The van der Waals surface area contributed by atoms with Gasteiger partial charge < -0.3 is 10.6 Å². The second kappa shape index (κ2) is 8.27. The number of amides is 2. The molecule has 1 aliphatic carbocycles. The molecule has 1 heterocycles. The quantitative estimate of drug-likeness (QED) is 0.659. The van der Waals surface area contributed by atoms with E-state index in [-0.39, 0.29) is 11.8 Å². The minimum absolute atomic E-state index is 0.0291. The highest BCUT2D eigenvalue weighted by Gasteiger charge is 2.21. The van der Waals surface area contributed by atoms with Crippen LogP contribution in [0.1, 0.15) is 39.1 Å². The molecule has 0 unspecified atom stereocenters. The van der Waals surface area contributed by atoms with Gasteiger partial charge in [-0.3, -0.25) is 14.6 Å². The van der Waals surface area contributed by atoms with Crippen molar-refractivity contribution in [1.82, 2.24) is 10.3 Å². The molecule has 29 heavy (non-hydrogen) atoms. The third-order valence-electron chi connectivity index (χ3n) is 5.14. The second-order valence-corrected chi connectivity index (χ2v) is 7.45. The van der Waals surface area contributed by atoms with Crippen molar-refractivity contribution in [2.75, 3.05) is 11.9 Å². The number of hydrogen-bond acceptors (Lipinski definition) is 3. The molecule has 2 N–H and O–H groups in total. The zero-order valence-corrected chi connectivity index (χ0v) is 16.3. The summed E-state index contributed by atoms with van der Waals surface area (Å²) in [6.45, 7) is 2.79. The maximum atomic E-state index is 12.4. The van der Waals surface area contributed by atoms with E-state index in [0.29, 0.717) is 17.0 Å². The molecule has 2 aromatic carbocycles. The first-order valence-corrected chi connectivity index (χ1v) is 9.81. The lowest BCUT2D eigenvalue weighted by molar-refractivity contribution is 0.0951. The molecule has 2 amide bonds. The lowest BCUT2D eigenvalue weighted by Crippen LogP contribution is -2.25. The topological polar surface area (TPSA) is 71.1 Å². The molecule has 0 bridgehead atoms. The van der Waals surface area contributed by atoms with Crippen molar-refractivity contribution >= 4 is 17.5 Å². The van der Waals surface area contributed by atoms with E-state index in [9.17, 15) is 9.59 Å². The highest BCUT2D eigenvalue weighted by molar-refractivity contribution is 6.04. The van der Waals surface area contributed by atoms with Gasteiger partial charge in [0.25, 0.3) is 11.8 Å². The van der Waals surface area contributed by atoms with Crippen LogP contribution in [0, 0.1) is 12.8 Å². The minimum atomic E-state index is -0.176. The van der Waals surface area contributed by atoms with Crippen LogP contribution in [0.3, 0.4) is 0 Å². The number of pyridine rings is 1. The predicted molar refractivity (Wildman–Crippen MR) is 114 cm³/mol. The van der Waals surface area contributed by atoms with Gasteiger partial charge in [0, 0.05) is 35.8 Å². The van der Waals surface area contributed by atoms with E-state index in [1.54, 1.807) is 24.5 Å². The Morgan fingerprint density at radius 3 is 2.31 bits per heavy atom. The van der Waals surface area contributed by atoms with Crippen LogP contribution in [0.4, 0.5) is 5.69 Å². The van der Waals surface area contributed by atoms with Gasteiger partial charge in [0.05, 0.1) is 0 Å². The maximum absolute atomic E-state index is 12.4. The molecule has 4 rings (SSSR count). The Kier molecular flexibility index (Phi) is 5.38. The van der Waals surface area contributed by atoms with Crippen LogP contribution in [0.25, 0.3) is 11.1 Å². The summed E-state index contributed by atoms with van der Waals surface area (Å²) in [5.74, 6) is 0.453. The summed E-state index contributed by atoms with van der Waals surface area (Å²) in [4.78, 5) is 28.6. The lowest BCUT2D eigenvalue weighted by atomic mass is 9.98. The SMILES string of the molecule is Cc1ccc(NC(=O)c2ccncc2)cc1-c1ccc(C(=O)NCC2CC2)cc1. The Bertz CT molecular complexity index is 1030. The molecule has 0 radical (unpaired) electrons. The molecule has 1 fully saturated rings. The number of nitrogens with one attached hydrogen (secondary N) is 2. The van der Waals surface area contributed by atoms with E-state index in [1.807, 2.05) is 49.4 Å². The first-order chi connectivity index (χ1) is 14.1. The zero-order valence-electron chi connectivity index (χ0n) is 16.3. The van der Waals surface area contributed by atoms with Crippen LogP contribution in [0.15, 0.2) is 67.0 Å². The van der Waals surface area contributed by atoms with Crippen molar-refractivity contribution < 1.29 is 9.59 Å². The summed E-state index contributed by atoms with van der Waals surface area (Å²) in [6, 6.07) is 16.8. The average Bonchev–Trinajstić information content (AvgIpc) is 3.59. The number of hydrogen-bond donors (Lipinski definition) is 2. The van der Waals surface area contributed by atoms with Crippen LogP contribution in [-0.2, 0) is 0 Å². The zero-order chi connectivity index (χ0) is 20.2. The van der Waals surface area contributed by atoms with E-state index >= 15 is 0 Å². The molecular weight excluding hydrogens is 362 g/mol. The van der Waals surface area contributed by atoms with E-state index in [0.717, 1.165) is 28.9 Å². The summed E-state index contributed by atoms with van der Waals surface area (Å²) < 4.78 is 0. The Hall–Kier alpha value is -3.47. The van der Waals surface area contributed by atoms with E-state index in [2.05, 4.69) is 15.6 Å². The summed E-state index contributed by atoms with van der Waals surface area (Å²) in [6.07, 6.45) is 5.62. The third kappa shape index (κ3) is 4.69. The average molecular weight is 385 g/mol. The Morgan fingerprint density at radius 1 is 0.931 bits per heavy atom. The number of nitrogens with zero attached hydrogens (tertiary/aromatic N) is 1. The molecule has 1 saturated carbocycles. The number of aromatic nitrogens is 1. The number of benzene rings is 2. The smallest absolute Gasteiger partial charge is 0.255 e. The molecular formula is C24H23N3O2. The fourth-order valence-electron chi connectivity index (χ4n) is 3.18. The molecule has 5 nitrogen and oxygen atoms in total. The van der Waals surface area contributed by atoms with Crippen LogP contribution >= 0.6 is 0 Å². The van der Waals surface area contributed by atoms with Crippen LogP contribution in [-0.4, -0.2) is 23.3 Å². The number of anilines is 1. The van der Waals surface area contributed by atoms with Crippen molar-refractivity contribution in [3.05, 3.63) is 83.7 Å². The molecule has 0 saturated heterocycles. The molecule has 1 aromatic heterocycles. The number of rotatable bonds is 6. The number of carbonyl (C=O) groups is 2. The van der Waals surface area contributed by atoms with E-state index in [4.69, 9.17) is 0 Å². The molecule has 0 atom stereocenters. The van der Waals surface area contributed by atoms with Gasteiger partial charge in [0.1, 0.15) is 0 Å². The van der Waals surface area contributed by atoms with Gasteiger partial charge in [-0.2, -0.15) is 0 Å². The minimum Gasteiger partial charge on any atom is -0.352 e. The fraction of sp³-hybridized carbons (Fsp3) is 0.208. The normalized spacial score (nSPS) is 13.0. The van der Waals surface area contributed by atoms with E-state index in [1.165, 1.54) is 12.8 Å². The summed E-state index contributed by atoms with van der Waals surface area (Å²) in [7, 11) is 0. The fourth-order valence-corrected chi connectivity index (χ4v) is 3.18. The van der Waals surface area contributed by atoms with Crippen LogP contribution in [0.2, 0.25) is 0 Å². The monoisotopic (exact) mass is 385 g/mol. The number of carbonyl (C=O) groups excluding carboxylic acids is 2. The van der Waals surface area contributed by atoms with Crippen molar-refractivity contribution in [3.63, 3.8) is 0 Å². The maximum Gasteiger partial charge on any atom is 0.255 e. The van der Waals surface area contributed by atoms with Gasteiger partial charge in [0.2, 0.25) is 0 Å². The van der Waals surface area contributed by atoms with Gasteiger partial charge in [-0.1, -0.05) is 18.2 Å². The lowest BCUT2D eigenvalue weighted by Gasteiger charge is -2.11. The molecule has 146 valence electrons. The Morgan fingerprint density at radius 2 is 1.62 bits per heavy atom. The van der Waals surface area contributed by atoms with Gasteiger partial charge in [-0.15, -0.1) is 0 Å².